The zero-order valence-corrected chi connectivity index (χ0v) is 11.0. The molecule has 3 N–H and O–H groups in total. The average molecular weight is 292 g/mol. The van der Waals surface area contributed by atoms with E-state index in [2.05, 4.69) is 10.6 Å². The van der Waals surface area contributed by atoms with E-state index in [1.165, 1.54) is 36.4 Å². The quantitative estimate of drug-likeness (QED) is 0.811. The second-order valence-corrected chi connectivity index (χ2v) is 4.35. The number of urea groups is 1. The fraction of sp³-hybridized carbons (Fsp3) is 0.133. The summed E-state index contributed by atoms with van der Waals surface area (Å²) < 4.78 is 26.8. The molecule has 0 saturated carbocycles. The molecule has 1 atom stereocenters. The second-order valence-electron chi connectivity index (χ2n) is 4.35. The van der Waals surface area contributed by atoms with Gasteiger partial charge in [-0.25, -0.2) is 13.6 Å². The Morgan fingerprint density at radius 2 is 1.67 bits per heavy atom. The van der Waals surface area contributed by atoms with E-state index in [-0.39, 0.29) is 17.8 Å². The van der Waals surface area contributed by atoms with Crippen LogP contribution in [0.15, 0.2) is 48.5 Å². The van der Waals surface area contributed by atoms with Gasteiger partial charge in [-0.15, -0.1) is 0 Å². The molecule has 2 aromatic carbocycles. The third-order valence-electron chi connectivity index (χ3n) is 2.84. The van der Waals surface area contributed by atoms with E-state index in [4.69, 9.17) is 0 Å². The van der Waals surface area contributed by atoms with Crippen molar-refractivity contribution < 1.29 is 18.7 Å². The minimum atomic E-state index is -1.18. The monoisotopic (exact) mass is 292 g/mol. The highest BCUT2D eigenvalue weighted by molar-refractivity contribution is 5.89. The van der Waals surface area contributed by atoms with Gasteiger partial charge in [0.05, 0.1) is 11.8 Å². The number of hydrogen-bond acceptors (Lipinski definition) is 2. The van der Waals surface area contributed by atoms with Crippen molar-refractivity contribution in [3.05, 3.63) is 65.7 Å². The maximum atomic E-state index is 13.4. The molecule has 2 aromatic rings. The van der Waals surface area contributed by atoms with Crippen molar-refractivity contribution in [1.82, 2.24) is 5.32 Å². The van der Waals surface area contributed by atoms with Gasteiger partial charge >= 0.3 is 6.03 Å². The van der Waals surface area contributed by atoms with Crippen molar-refractivity contribution in [2.75, 3.05) is 11.9 Å². The number of halogens is 2. The maximum absolute atomic E-state index is 13.4. The topological polar surface area (TPSA) is 61.4 Å². The molecule has 0 radical (unpaired) electrons. The van der Waals surface area contributed by atoms with E-state index in [0.717, 1.165) is 0 Å². The molecule has 0 aliphatic carbocycles. The predicted octanol–water partition coefficient (Wildman–Crippen LogP) is 2.82. The Morgan fingerprint density at radius 1 is 1.05 bits per heavy atom. The molecule has 2 amide bonds. The largest absolute Gasteiger partial charge is 0.386 e. The molecule has 0 bridgehead atoms. The Hall–Kier alpha value is -2.47. The van der Waals surface area contributed by atoms with Crippen LogP contribution >= 0.6 is 0 Å². The number of carbonyl (C=O) groups excluding carboxylic acids is 1. The highest BCUT2D eigenvalue weighted by Gasteiger charge is 2.13. The Labute approximate surface area is 120 Å². The predicted molar refractivity (Wildman–Crippen MR) is 74.8 cm³/mol. The lowest BCUT2D eigenvalue weighted by Crippen LogP contribution is -2.32. The SMILES string of the molecule is O=C(NC[C@@H](O)c1ccccc1F)Nc1ccccc1F. The molecule has 0 fully saturated rings. The molecule has 0 aliphatic heterocycles. The standard InChI is InChI=1S/C15H14F2N2O2/c16-11-6-2-1-5-10(11)14(20)9-18-15(21)19-13-8-4-3-7-12(13)17/h1-8,14,20H,9H2,(H2,18,19,21)/t14-/m1/s1. The Morgan fingerprint density at radius 3 is 2.33 bits per heavy atom. The summed E-state index contributed by atoms with van der Waals surface area (Å²) in [6.45, 7) is -0.193. The molecule has 6 heteroatoms. The number of amides is 2. The first kappa shape index (κ1) is 14.9. The first-order chi connectivity index (χ1) is 10.1. The lowest BCUT2D eigenvalue weighted by atomic mass is 10.1. The van der Waals surface area contributed by atoms with Crippen LogP contribution < -0.4 is 10.6 Å². The molecule has 0 aromatic heterocycles. The normalized spacial score (nSPS) is 11.8. The Bertz CT molecular complexity index is 635. The molecule has 2 rings (SSSR count). The Kier molecular flexibility index (Phi) is 4.84. The summed E-state index contributed by atoms with van der Waals surface area (Å²) in [7, 11) is 0. The van der Waals surface area contributed by atoms with Crippen molar-refractivity contribution in [3.8, 4) is 0 Å². The smallest absolute Gasteiger partial charge is 0.319 e. The lowest BCUT2D eigenvalue weighted by molar-refractivity contribution is 0.170. The summed E-state index contributed by atoms with van der Waals surface area (Å²) in [5.41, 5.74) is 0.110. The van der Waals surface area contributed by atoms with E-state index in [0.29, 0.717) is 0 Å². The number of benzene rings is 2. The average Bonchev–Trinajstić information content (AvgIpc) is 2.48. The maximum Gasteiger partial charge on any atom is 0.319 e. The van der Waals surface area contributed by atoms with Crippen molar-refractivity contribution in [1.29, 1.82) is 0 Å². The fourth-order valence-electron chi connectivity index (χ4n) is 1.77. The van der Waals surface area contributed by atoms with Crippen LogP contribution in [0.3, 0.4) is 0 Å². The number of para-hydroxylation sites is 1. The lowest BCUT2D eigenvalue weighted by Gasteiger charge is -2.13. The van der Waals surface area contributed by atoms with Crippen molar-refractivity contribution in [2.24, 2.45) is 0 Å². The van der Waals surface area contributed by atoms with Crippen LogP contribution in [-0.4, -0.2) is 17.7 Å². The minimum Gasteiger partial charge on any atom is -0.386 e. The molecular formula is C15H14F2N2O2. The molecule has 0 heterocycles. The van der Waals surface area contributed by atoms with Gasteiger partial charge in [-0.05, 0) is 18.2 Å². The molecule has 0 unspecified atom stereocenters. The molecular weight excluding hydrogens is 278 g/mol. The highest BCUT2D eigenvalue weighted by atomic mass is 19.1. The summed E-state index contributed by atoms with van der Waals surface area (Å²) in [6, 6.07) is 10.7. The van der Waals surface area contributed by atoms with E-state index in [1.807, 2.05) is 0 Å². The summed E-state index contributed by atoms with van der Waals surface area (Å²) in [4.78, 5) is 11.6. The molecule has 0 aliphatic rings. The number of anilines is 1. The van der Waals surface area contributed by atoms with E-state index < -0.39 is 23.8 Å². The van der Waals surface area contributed by atoms with Gasteiger partial charge in [0.15, 0.2) is 0 Å². The molecule has 0 spiro atoms. The van der Waals surface area contributed by atoms with Gasteiger partial charge in [0.25, 0.3) is 0 Å². The third-order valence-corrected chi connectivity index (χ3v) is 2.84. The molecule has 4 nitrogen and oxygen atoms in total. The van der Waals surface area contributed by atoms with Gasteiger partial charge in [0.1, 0.15) is 11.6 Å². The zero-order chi connectivity index (χ0) is 15.2. The molecule has 110 valence electrons. The number of hydrogen-bond donors (Lipinski definition) is 3. The summed E-state index contributed by atoms with van der Waals surface area (Å²) in [5.74, 6) is -1.12. The van der Waals surface area contributed by atoms with Gasteiger partial charge in [-0.2, -0.15) is 0 Å². The number of aliphatic hydroxyl groups excluding tert-OH is 1. The van der Waals surface area contributed by atoms with E-state index in [9.17, 15) is 18.7 Å². The summed E-state index contributed by atoms with van der Waals surface area (Å²) in [6.07, 6.45) is -1.18. The zero-order valence-electron chi connectivity index (χ0n) is 11.0. The van der Waals surface area contributed by atoms with Crippen LogP contribution in [0, 0.1) is 11.6 Å². The minimum absolute atomic E-state index is 0.0235. The van der Waals surface area contributed by atoms with Gasteiger partial charge < -0.3 is 15.7 Å². The van der Waals surface area contributed by atoms with Crippen LogP contribution in [0.5, 0.6) is 0 Å². The first-order valence-electron chi connectivity index (χ1n) is 6.30. The van der Waals surface area contributed by atoms with Gasteiger partial charge in [0.2, 0.25) is 0 Å². The van der Waals surface area contributed by atoms with Crippen molar-refractivity contribution in [2.45, 2.75) is 6.10 Å². The number of nitrogens with one attached hydrogen (secondary N) is 2. The van der Waals surface area contributed by atoms with Crippen LogP contribution in [0.25, 0.3) is 0 Å². The molecule has 0 saturated heterocycles. The van der Waals surface area contributed by atoms with Crippen molar-refractivity contribution in [3.63, 3.8) is 0 Å². The number of carbonyl (C=O) groups is 1. The van der Waals surface area contributed by atoms with E-state index >= 15 is 0 Å². The fourth-order valence-corrected chi connectivity index (χ4v) is 1.77. The van der Waals surface area contributed by atoms with Crippen LogP contribution in [0.2, 0.25) is 0 Å². The second kappa shape index (κ2) is 6.81. The van der Waals surface area contributed by atoms with Crippen LogP contribution in [-0.2, 0) is 0 Å². The number of rotatable bonds is 4. The van der Waals surface area contributed by atoms with Crippen LogP contribution in [0.1, 0.15) is 11.7 Å². The Balaban J connectivity index is 1.90. The summed E-state index contributed by atoms with van der Waals surface area (Å²) >= 11 is 0. The molecule has 21 heavy (non-hydrogen) atoms. The third kappa shape index (κ3) is 4.00. The van der Waals surface area contributed by atoms with Gasteiger partial charge in [0, 0.05) is 12.1 Å². The number of aliphatic hydroxyl groups is 1. The van der Waals surface area contributed by atoms with E-state index in [1.54, 1.807) is 12.1 Å². The summed E-state index contributed by atoms with van der Waals surface area (Å²) in [5, 5.41) is 14.5. The van der Waals surface area contributed by atoms with Crippen molar-refractivity contribution >= 4 is 11.7 Å². The van der Waals surface area contributed by atoms with Gasteiger partial charge in [-0.3, -0.25) is 0 Å². The van der Waals surface area contributed by atoms with Crippen LogP contribution in [0.4, 0.5) is 19.3 Å². The van der Waals surface area contributed by atoms with Gasteiger partial charge in [-0.1, -0.05) is 30.3 Å². The highest BCUT2D eigenvalue weighted by Crippen LogP contribution is 2.16. The first-order valence-corrected chi connectivity index (χ1v) is 6.30.